The Balaban J connectivity index is 1.62. The molecule has 7 heteroatoms. The van der Waals surface area contributed by atoms with Crippen molar-refractivity contribution in [2.45, 2.75) is 39.7 Å². The number of amides is 2. The first kappa shape index (κ1) is 21.1. The second kappa shape index (κ2) is 8.94. The first-order chi connectivity index (χ1) is 14.4. The third-order valence-electron chi connectivity index (χ3n) is 5.54. The number of hydrogen-bond donors (Lipinski definition) is 0. The molecule has 2 aliphatic rings. The van der Waals surface area contributed by atoms with E-state index in [0.29, 0.717) is 28.2 Å². The van der Waals surface area contributed by atoms with Gasteiger partial charge in [0.2, 0.25) is 5.91 Å². The Morgan fingerprint density at radius 3 is 2.67 bits per heavy atom. The van der Waals surface area contributed by atoms with E-state index >= 15 is 0 Å². The fourth-order valence-electron chi connectivity index (χ4n) is 4.07. The Morgan fingerprint density at radius 2 is 1.93 bits per heavy atom. The van der Waals surface area contributed by atoms with Crippen LogP contribution >= 0.6 is 24.0 Å². The molecule has 0 N–H and O–H groups in total. The number of nitrogens with zero attached hydrogens (tertiary/aromatic N) is 3. The van der Waals surface area contributed by atoms with Crippen LogP contribution in [0.4, 0.5) is 0 Å². The molecule has 2 aromatic rings. The molecule has 4 rings (SSSR count). The Bertz CT molecular complexity index is 1020. The summed E-state index contributed by atoms with van der Waals surface area (Å²) in [5, 5.41) is 1.04. The highest BCUT2D eigenvalue weighted by molar-refractivity contribution is 8.26. The van der Waals surface area contributed by atoms with Crippen LogP contribution in [0.25, 0.3) is 17.0 Å². The van der Waals surface area contributed by atoms with Crippen molar-refractivity contribution in [3.05, 3.63) is 40.9 Å². The Kier molecular flexibility index (Phi) is 6.29. The Hall–Kier alpha value is -2.12. The summed E-state index contributed by atoms with van der Waals surface area (Å²) in [6.45, 7) is 6.81. The van der Waals surface area contributed by atoms with E-state index in [9.17, 15) is 9.59 Å². The molecule has 0 atom stereocenters. The number of para-hydroxylation sites is 1. The smallest absolute Gasteiger partial charge is 0.266 e. The third kappa shape index (κ3) is 4.32. The van der Waals surface area contributed by atoms with E-state index < -0.39 is 0 Å². The van der Waals surface area contributed by atoms with E-state index in [1.807, 2.05) is 46.0 Å². The molecule has 0 radical (unpaired) electrons. The van der Waals surface area contributed by atoms with Crippen LogP contribution in [0.5, 0.6) is 0 Å². The summed E-state index contributed by atoms with van der Waals surface area (Å²) >= 11 is 6.79. The van der Waals surface area contributed by atoms with Crippen molar-refractivity contribution in [1.82, 2.24) is 14.4 Å². The van der Waals surface area contributed by atoms with E-state index in [1.165, 1.54) is 18.2 Å². The summed E-state index contributed by atoms with van der Waals surface area (Å²) in [5.74, 6) is 0.486. The maximum Gasteiger partial charge on any atom is 0.266 e. The maximum atomic E-state index is 12.9. The molecule has 30 heavy (non-hydrogen) atoms. The standard InChI is InChI=1S/C23H27N3O2S2/c1-16(2)13-26-22(28)20(30-23(26)29)12-17-14-25(19-9-5-4-8-18(17)19)15-21(27)24-10-6-3-7-11-24/h4-5,8-9,12,14,16H,3,6-7,10-11,13,15H2,1-2H3/b20-12-. The average Bonchev–Trinajstić information content (AvgIpc) is 3.21. The molecule has 0 saturated carbocycles. The van der Waals surface area contributed by atoms with Crippen LogP contribution < -0.4 is 0 Å². The SMILES string of the molecule is CC(C)CN1C(=O)/C(=C/c2cn(CC(=O)N3CCCCC3)c3ccccc23)SC1=S. The highest BCUT2D eigenvalue weighted by atomic mass is 32.2. The summed E-state index contributed by atoms with van der Waals surface area (Å²) < 4.78 is 2.62. The number of likely N-dealkylation sites (tertiary alicyclic amines) is 1. The number of thiocarbonyl (C=S) groups is 1. The molecule has 2 fully saturated rings. The van der Waals surface area contributed by atoms with Crippen LogP contribution in [0, 0.1) is 5.92 Å². The number of fused-ring (bicyclic) bond motifs is 1. The number of rotatable bonds is 5. The zero-order chi connectivity index (χ0) is 21.3. The zero-order valence-corrected chi connectivity index (χ0v) is 19.1. The van der Waals surface area contributed by atoms with Crippen LogP contribution in [0.2, 0.25) is 0 Å². The van der Waals surface area contributed by atoms with Gasteiger partial charge in [-0.15, -0.1) is 0 Å². The van der Waals surface area contributed by atoms with Gasteiger partial charge < -0.3 is 9.47 Å². The number of carbonyl (C=O) groups is 2. The maximum absolute atomic E-state index is 12.9. The van der Waals surface area contributed by atoms with Gasteiger partial charge in [0, 0.05) is 42.3 Å². The molecule has 3 heterocycles. The summed E-state index contributed by atoms with van der Waals surface area (Å²) in [4.78, 5) is 30.0. The van der Waals surface area contributed by atoms with Crippen molar-refractivity contribution in [3.63, 3.8) is 0 Å². The van der Waals surface area contributed by atoms with Gasteiger partial charge in [0.15, 0.2) is 0 Å². The molecule has 158 valence electrons. The molecule has 2 amide bonds. The van der Waals surface area contributed by atoms with Crippen LogP contribution in [0.3, 0.4) is 0 Å². The van der Waals surface area contributed by atoms with Crippen molar-refractivity contribution in [2.24, 2.45) is 5.92 Å². The fraction of sp³-hybridized carbons (Fsp3) is 0.435. The lowest BCUT2D eigenvalue weighted by Crippen LogP contribution is -2.37. The van der Waals surface area contributed by atoms with Crippen LogP contribution in [-0.2, 0) is 16.1 Å². The first-order valence-corrected chi connectivity index (χ1v) is 11.8. The minimum absolute atomic E-state index is 0.0278. The van der Waals surface area contributed by atoms with Gasteiger partial charge >= 0.3 is 0 Å². The summed E-state index contributed by atoms with van der Waals surface area (Å²) in [6, 6.07) is 8.04. The van der Waals surface area contributed by atoms with Crippen LogP contribution in [0.15, 0.2) is 35.4 Å². The molecular formula is C23H27N3O2S2. The van der Waals surface area contributed by atoms with Crippen molar-refractivity contribution < 1.29 is 9.59 Å². The highest BCUT2D eigenvalue weighted by Crippen LogP contribution is 2.34. The molecule has 1 aromatic carbocycles. The Morgan fingerprint density at radius 1 is 1.20 bits per heavy atom. The monoisotopic (exact) mass is 441 g/mol. The molecular weight excluding hydrogens is 414 g/mol. The Labute approximate surface area is 187 Å². The number of carbonyl (C=O) groups excluding carboxylic acids is 2. The van der Waals surface area contributed by atoms with Gasteiger partial charge in [0.1, 0.15) is 10.9 Å². The van der Waals surface area contributed by atoms with Crippen molar-refractivity contribution in [3.8, 4) is 0 Å². The van der Waals surface area contributed by atoms with Crippen molar-refractivity contribution in [2.75, 3.05) is 19.6 Å². The summed E-state index contributed by atoms with van der Waals surface area (Å²) in [5.41, 5.74) is 1.95. The van der Waals surface area contributed by atoms with Gasteiger partial charge in [0.05, 0.1) is 4.91 Å². The van der Waals surface area contributed by atoms with Gasteiger partial charge in [-0.05, 0) is 37.3 Å². The summed E-state index contributed by atoms with van der Waals surface area (Å²) in [7, 11) is 0. The van der Waals surface area contributed by atoms with E-state index in [4.69, 9.17) is 12.2 Å². The lowest BCUT2D eigenvalue weighted by atomic mass is 10.1. The second-order valence-corrected chi connectivity index (χ2v) is 10.0. The average molecular weight is 442 g/mol. The molecule has 5 nitrogen and oxygen atoms in total. The topological polar surface area (TPSA) is 45.6 Å². The summed E-state index contributed by atoms with van der Waals surface area (Å²) in [6.07, 6.45) is 7.28. The molecule has 0 bridgehead atoms. The minimum Gasteiger partial charge on any atom is -0.341 e. The zero-order valence-electron chi connectivity index (χ0n) is 17.5. The number of hydrogen-bond acceptors (Lipinski definition) is 4. The van der Waals surface area contributed by atoms with Gasteiger partial charge in [-0.1, -0.05) is 56.0 Å². The normalized spacial score (nSPS) is 19.0. The fourth-order valence-corrected chi connectivity index (χ4v) is 5.34. The van der Waals surface area contributed by atoms with Gasteiger partial charge in [-0.25, -0.2) is 0 Å². The lowest BCUT2D eigenvalue weighted by Gasteiger charge is -2.27. The van der Waals surface area contributed by atoms with Crippen LogP contribution in [-0.4, -0.2) is 50.1 Å². The second-order valence-electron chi connectivity index (χ2n) is 8.36. The largest absolute Gasteiger partial charge is 0.341 e. The minimum atomic E-state index is -0.0278. The molecule has 2 saturated heterocycles. The number of benzene rings is 1. The van der Waals surface area contributed by atoms with E-state index in [-0.39, 0.29) is 11.8 Å². The molecule has 1 aromatic heterocycles. The van der Waals surface area contributed by atoms with Crippen molar-refractivity contribution in [1.29, 1.82) is 0 Å². The van der Waals surface area contributed by atoms with Gasteiger partial charge in [-0.2, -0.15) is 0 Å². The van der Waals surface area contributed by atoms with Gasteiger partial charge in [0.25, 0.3) is 5.91 Å². The van der Waals surface area contributed by atoms with E-state index in [0.717, 1.165) is 42.4 Å². The number of aromatic nitrogens is 1. The first-order valence-electron chi connectivity index (χ1n) is 10.5. The predicted molar refractivity (Wildman–Crippen MR) is 127 cm³/mol. The predicted octanol–water partition coefficient (Wildman–Crippen LogP) is 4.51. The molecule has 0 aliphatic carbocycles. The quantitative estimate of drug-likeness (QED) is 0.506. The third-order valence-corrected chi connectivity index (χ3v) is 6.92. The lowest BCUT2D eigenvalue weighted by molar-refractivity contribution is -0.132. The molecule has 0 unspecified atom stereocenters. The number of piperidine rings is 1. The highest BCUT2D eigenvalue weighted by Gasteiger charge is 2.32. The molecule has 2 aliphatic heterocycles. The molecule has 0 spiro atoms. The van der Waals surface area contributed by atoms with Crippen molar-refractivity contribution >= 4 is 57.1 Å². The van der Waals surface area contributed by atoms with E-state index in [2.05, 4.69) is 13.8 Å². The van der Waals surface area contributed by atoms with Crippen LogP contribution in [0.1, 0.15) is 38.7 Å². The number of thioether (sulfide) groups is 1. The van der Waals surface area contributed by atoms with E-state index in [1.54, 1.807) is 4.90 Å². The van der Waals surface area contributed by atoms with Gasteiger partial charge in [-0.3, -0.25) is 14.5 Å².